The van der Waals surface area contributed by atoms with Crippen LogP contribution in [0.3, 0.4) is 0 Å². The molecule has 0 aliphatic rings. The van der Waals surface area contributed by atoms with Gasteiger partial charge in [-0.25, -0.2) is 4.98 Å². The van der Waals surface area contributed by atoms with Gasteiger partial charge in [0.15, 0.2) is 0 Å². The van der Waals surface area contributed by atoms with Crippen LogP contribution < -0.4 is 5.32 Å². The Kier molecular flexibility index (Phi) is 4.22. The van der Waals surface area contributed by atoms with Gasteiger partial charge in [0.1, 0.15) is 3.70 Å². The second-order valence-electron chi connectivity index (χ2n) is 4.14. The van der Waals surface area contributed by atoms with Crippen LogP contribution in [-0.2, 0) is 7.05 Å². The number of anilines is 1. The van der Waals surface area contributed by atoms with Gasteiger partial charge in [0.2, 0.25) is 5.95 Å². The Hall–Kier alpha value is -0.260. The number of imidazole rings is 1. The topological polar surface area (TPSA) is 29.9 Å². The molecule has 1 N–H and O–H groups in total. The fourth-order valence-corrected chi connectivity index (χ4v) is 1.88. The Balaban J connectivity index is 2.56. The van der Waals surface area contributed by atoms with Gasteiger partial charge in [-0.2, -0.15) is 0 Å². The van der Waals surface area contributed by atoms with Crippen LogP contribution in [0, 0.1) is 9.62 Å². The van der Waals surface area contributed by atoms with Crippen molar-refractivity contribution in [3.8, 4) is 0 Å². The van der Waals surface area contributed by atoms with Gasteiger partial charge in [-0.15, -0.1) is 0 Å². The Morgan fingerprint density at radius 3 is 2.57 bits per heavy atom. The van der Waals surface area contributed by atoms with Gasteiger partial charge in [0, 0.05) is 13.1 Å². The van der Waals surface area contributed by atoms with Crippen LogP contribution in [0.5, 0.6) is 0 Å². The lowest BCUT2D eigenvalue weighted by Crippen LogP contribution is -2.19. The molecule has 3 nitrogen and oxygen atoms in total. The highest BCUT2D eigenvalue weighted by Gasteiger charge is 2.08. The van der Waals surface area contributed by atoms with Crippen molar-refractivity contribution in [3.63, 3.8) is 0 Å². The summed E-state index contributed by atoms with van der Waals surface area (Å²) in [6.45, 7) is 6.67. The minimum atomic E-state index is 0.479. The van der Waals surface area contributed by atoms with Crippen molar-refractivity contribution in [3.05, 3.63) is 9.90 Å². The van der Waals surface area contributed by atoms with Crippen LogP contribution in [0.25, 0.3) is 0 Å². The van der Waals surface area contributed by atoms with Crippen LogP contribution in [0.15, 0.2) is 6.20 Å². The largest absolute Gasteiger partial charge is 0.353 e. The van der Waals surface area contributed by atoms with Crippen LogP contribution in [-0.4, -0.2) is 15.6 Å². The van der Waals surface area contributed by atoms with Crippen molar-refractivity contribution in [1.29, 1.82) is 0 Å². The fourth-order valence-electron chi connectivity index (χ4n) is 1.51. The zero-order valence-electron chi connectivity index (χ0n) is 9.21. The predicted octanol–water partition coefficient (Wildman–Crippen LogP) is 2.87. The molecule has 1 aromatic rings. The molecule has 1 unspecified atom stereocenters. The molecule has 1 heterocycles. The molecule has 0 amide bonds. The van der Waals surface area contributed by atoms with E-state index in [9.17, 15) is 0 Å². The smallest absolute Gasteiger partial charge is 0.203 e. The predicted molar refractivity (Wildman–Crippen MR) is 68.5 cm³/mol. The van der Waals surface area contributed by atoms with E-state index in [-0.39, 0.29) is 0 Å². The molecule has 0 fully saturated rings. The summed E-state index contributed by atoms with van der Waals surface area (Å²) >= 11 is 2.28. The number of hydrogen-bond donors (Lipinski definition) is 1. The molecule has 1 rings (SSSR count). The first kappa shape index (κ1) is 11.8. The Bertz CT molecular complexity index is 294. The summed E-state index contributed by atoms with van der Waals surface area (Å²) < 4.78 is 3.22. The summed E-state index contributed by atoms with van der Waals surface area (Å²) in [5.74, 6) is 1.68. The second-order valence-corrected chi connectivity index (χ2v) is 5.24. The van der Waals surface area contributed by atoms with E-state index in [1.54, 1.807) is 0 Å². The SMILES string of the molecule is CC(C)CC(C)Nc1ncc(I)n1C. The maximum atomic E-state index is 4.31. The van der Waals surface area contributed by atoms with Gasteiger partial charge in [-0.05, 0) is 41.9 Å². The zero-order chi connectivity index (χ0) is 10.7. The highest BCUT2D eigenvalue weighted by atomic mass is 127. The summed E-state index contributed by atoms with van der Waals surface area (Å²) in [5.41, 5.74) is 0. The standard InChI is InChI=1S/C10H18IN3/c1-7(2)5-8(3)13-10-12-6-9(11)14(10)4/h6-8H,5H2,1-4H3,(H,12,13). The van der Waals surface area contributed by atoms with Crippen molar-refractivity contribution >= 4 is 28.5 Å². The van der Waals surface area contributed by atoms with Crippen LogP contribution >= 0.6 is 22.6 Å². The number of nitrogens with one attached hydrogen (secondary N) is 1. The molecule has 0 bridgehead atoms. The van der Waals surface area contributed by atoms with E-state index in [4.69, 9.17) is 0 Å². The Morgan fingerprint density at radius 1 is 1.50 bits per heavy atom. The normalized spacial score (nSPS) is 13.3. The minimum Gasteiger partial charge on any atom is -0.353 e. The lowest BCUT2D eigenvalue weighted by Gasteiger charge is -2.16. The van der Waals surface area contributed by atoms with E-state index in [0.29, 0.717) is 6.04 Å². The summed E-state index contributed by atoms with van der Waals surface area (Å²) in [5, 5.41) is 3.41. The van der Waals surface area contributed by atoms with Crippen molar-refractivity contribution in [2.24, 2.45) is 13.0 Å². The van der Waals surface area contributed by atoms with Gasteiger partial charge >= 0.3 is 0 Å². The van der Waals surface area contributed by atoms with Gasteiger partial charge in [-0.1, -0.05) is 13.8 Å². The molecule has 1 atom stereocenters. The minimum absolute atomic E-state index is 0.479. The summed E-state index contributed by atoms with van der Waals surface area (Å²) in [7, 11) is 2.03. The van der Waals surface area contributed by atoms with Crippen molar-refractivity contribution in [2.45, 2.75) is 33.2 Å². The van der Waals surface area contributed by atoms with Crippen LogP contribution in [0.1, 0.15) is 27.2 Å². The summed E-state index contributed by atoms with van der Waals surface area (Å²) in [6.07, 6.45) is 3.05. The molecule has 0 spiro atoms. The molecule has 0 aliphatic carbocycles. The molecular formula is C10H18IN3. The Labute approximate surface area is 99.4 Å². The van der Waals surface area contributed by atoms with E-state index >= 15 is 0 Å². The number of rotatable bonds is 4. The monoisotopic (exact) mass is 307 g/mol. The molecule has 0 saturated carbocycles. The zero-order valence-corrected chi connectivity index (χ0v) is 11.4. The van der Waals surface area contributed by atoms with E-state index < -0.39 is 0 Å². The number of aromatic nitrogens is 2. The lowest BCUT2D eigenvalue weighted by molar-refractivity contribution is 0.536. The van der Waals surface area contributed by atoms with E-state index in [2.05, 4.69) is 58.2 Å². The molecule has 0 aliphatic heterocycles. The highest BCUT2D eigenvalue weighted by Crippen LogP contribution is 2.13. The third-order valence-electron chi connectivity index (χ3n) is 2.13. The first-order valence-electron chi connectivity index (χ1n) is 4.94. The molecule has 1 aromatic heterocycles. The maximum absolute atomic E-state index is 4.31. The number of halogens is 1. The van der Waals surface area contributed by atoms with E-state index in [1.165, 1.54) is 6.42 Å². The summed E-state index contributed by atoms with van der Waals surface area (Å²) in [4.78, 5) is 4.31. The third-order valence-corrected chi connectivity index (χ3v) is 3.13. The molecule has 14 heavy (non-hydrogen) atoms. The van der Waals surface area contributed by atoms with Crippen LogP contribution in [0.2, 0.25) is 0 Å². The molecule has 0 aromatic carbocycles. The van der Waals surface area contributed by atoms with Gasteiger partial charge in [0.05, 0.1) is 6.20 Å². The van der Waals surface area contributed by atoms with Crippen molar-refractivity contribution in [2.75, 3.05) is 5.32 Å². The van der Waals surface area contributed by atoms with E-state index in [1.807, 2.05) is 13.2 Å². The van der Waals surface area contributed by atoms with Crippen LogP contribution in [0.4, 0.5) is 5.95 Å². The maximum Gasteiger partial charge on any atom is 0.203 e. The molecule has 0 saturated heterocycles. The number of hydrogen-bond acceptors (Lipinski definition) is 2. The fraction of sp³-hybridized carbons (Fsp3) is 0.700. The highest BCUT2D eigenvalue weighted by molar-refractivity contribution is 14.1. The molecule has 4 heteroatoms. The van der Waals surface area contributed by atoms with Gasteiger partial charge in [0.25, 0.3) is 0 Å². The molecular weight excluding hydrogens is 289 g/mol. The van der Waals surface area contributed by atoms with Crippen molar-refractivity contribution < 1.29 is 0 Å². The average molecular weight is 307 g/mol. The summed E-state index contributed by atoms with van der Waals surface area (Å²) in [6, 6.07) is 0.479. The Morgan fingerprint density at radius 2 is 2.14 bits per heavy atom. The first-order valence-corrected chi connectivity index (χ1v) is 6.02. The first-order chi connectivity index (χ1) is 6.50. The lowest BCUT2D eigenvalue weighted by atomic mass is 10.1. The van der Waals surface area contributed by atoms with E-state index in [0.717, 1.165) is 15.6 Å². The number of nitrogens with zero attached hydrogens (tertiary/aromatic N) is 2. The van der Waals surface area contributed by atoms with Gasteiger partial charge in [-0.3, -0.25) is 0 Å². The van der Waals surface area contributed by atoms with Gasteiger partial charge < -0.3 is 9.88 Å². The second kappa shape index (κ2) is 5.00. The third kappa shape index (κ3) is 3.15. The van der Waals surface area contributed by atoms with Crippen molar-refractivity contribution in [1.82, 2.24) is 9.55 Å². The molecule has 80 valence electrons. The average Bonchev–Trinajstić information content (AvgIpc) is 2.34. The molecule has 0 radical (unpaired) electrons. The quantitative estimate of drug-likeness (QED) is 0.867.